The Kier molecular flexibility index (Phi) is 6.02. The highest BCUT2D eigenvalue weighted by molar-refractivity contribution is 7.91. The van der Waals surface area contributed by atoms with Gasteiger partial charge in [0.25, 0.3) is 0 Å². The first-order chi connectivity index (χ1) is 13.7. The molecule has 2 amide bonds. The molecule has 2 aromatic carbocycles. The maximum Gasteiger partial charge on any atom is 0.225 e. The largest absolute Gasteiger partial charge is 0.326 e. The van der Waals surface area contributed by atoms with E-state index in [1.807, 2.05) is 0 Å². The van der Waals surface area contributed by atoms with Crippen LogP contribution in [-0.4, -0.2) is 32.5 Å². The number of hydrogen-bond donors (Lipinski definition) is 1. The quantitative estimate of drug-likeness (QED) is 0.808. The molecule has 3 rings (SSSR count). The zero-order valence-electron chi connectivity index (χ0n) is 16.4. The smallest absolute Gasteiger partial charge is 0.225 e. The fourth-order valence-corrected chi connectivity index (χ4v) is 4.62. The van der Waals surface area contributed by atoms with E-state index >= 15 is 0 Å². The van der Waals surface area contributed by atoms with Crippen LogP contribution in [0.2, 0.25) is 0 Å². The van der Waals surface area contributed by atoms with Crippen LogP contribution in [0.5, 0.6) is 0 Å². The molecule has 29 heavy (non-hydrogen) atoms. The first-order valence-electron chi connectivity index (χ1n) is 9.37. The Morgan fingerprint density at radius 1 is 1.17 bits per heavy atom. The van der Waals surface area contributed by atoms with Crippen LogP contribution in [0.3, 0.4) is 0 Å². The van der Waals surface area contributed by atoms with Gasteiger partial charge in [0.15, 0.2) is 9.84 Å². The molecule has 8 heteroatoms. The van der Waals surface area contributed by atoms with E-state index in [4.69, 9.17) is 0 Å². The van der Waals surface area contributed by atoms with Crippen LogP contribution in [0.15, 0.2) is 41.3 Å². The summed E-state index contributed by atoms with van der Waals surface area (Å²) in [5.41, 5.74) is 2.30. The predicted octanol–water partition coefficient (Wildman–Crippen LogP) is 3.24. The van der Waals surface area contributed by atoms with E-state index in [0.29, 0.717) is 18.5 Å². The Balaban J connectivity index is 1.68. The zero-order chi connectivity index (χ0) is 21.2. The average molecular weight is 418 g/mol. The third kappa shape index (κ3) is 4.82. The average Bonchev–Trinajstić information content (AvgIpc) is 2.68. The second-order valence-corrected chi connectivity index (χ2v) is 9.25. The normalized spacial score (nSPS) is 13.7. The molecule has 1 aliphatic rings. The molecule has 1 N–H and O–H groups in total. The summed E-state index contributed by atoms with van der Waals surface area (Å²) in [5.74, 6) is -1.38. The summed E-state index contributed by atoms with van der Waals surface area (Å²) in [6, 6.07) is 9.02. The topological polar surface area (TPSA) is 83.6 Å². The van der Waals surface area contributed by atoms with Gasteiger partial charge in [-0.15, -0.1) is 0 Å². The zero-order valence-corrected chi connectivity index (χ0v) is 17.2. The third-order valence-electron chi connectivity index (χ3n) is 4.96. The molecule has 0 spiro atoms. The molecular weight excluding hydrogens is 395 g/mol. The SMILES string of the molecule is CC(=O)N1CCCc2cc(S(=O)(=O)CCC(=O)Nc3ccc(C)c(F)c3)ccc21. The van der Waals surface area contributed by atoms with E-state index in [2.05, 4.69) is 5.32 Å². The Labute approximate surface area is 169 Å². The third-order valence-corrected chi connectivity index (χ3v) is 6.68. The van der Waals surface area contributed by atoms with Crippen LogP contribution in [-0.2, 0) is 25.8 Å². The number of fused-ring (bicyclic) bond motifs is 1. The number of carbonyl (C=O) groups excluding carboxylic acids is 2. The van der Waals surface area contributed by atoms with Crippen molar-refractivity contribution in [3.05, 3.63) is 53.3 Å². The number of amides is 2. The maximum atomic E-state index is 13.6. The maximum absolute atomic E-state index is 13.6. The molecule has 0 saturated carbocycles. The molecule has 0 bridgehead atoms. The fraction of sp³-hybridized carbons (Fsp3) is 0.333. The lowest BCUT2D eigenvalue weighted by molar-refractivity contribution is -0.117. The van der Waals surface area contributed by atoms with Crippen LogP contribution in [0.25, 0.3) is 0 Å². The summed E-state index contributed by atoms with van der Waals surface area (Å²) >= 11 is 0. The number of aryl methyl sites for hydroxylation is 2. The predicted molar refractivity (Wildman–Crippen MR) is 109 cm³/mol. The standard InChI is InChI=1S/C21H23FN2O4S/c1-14-5-6-17(13-19(14)22)23-21(26)9-11-29(27,28)18-7-8-20-16(12-18)4-3-10-24(20)15(2)25/h5-8,12-13H,3-4,9-11H2,1-2H3,(H,23,26). The molecule has 1 heterocycles. The first-order valence-corrected chi connectivity index (χ1v) is 11.0. The van der Waals surface area contributed by atoms with Crippen molar-refractivity contribution in [2.75, 3.05) is 22.5 Å². The Morgan fingerprint density at radius 3 is 2.62 bits per heavy atom. The molecule has 0 aromatic heterocycles. The highest BCUT2D eigenvalue weighted by atomic mass is 32.2. The number of hydrogen-bond acceptors (Lipinski definition) is 4. The van der Waals surface area contributed by atoms with Crippen molar-refractivity contribution < 1.29 is 22.4 Å². The van der Waals surface area contributed by atoms with E-state index in [9.17, 15) is 22.4 Å². The van der Waals surface area contributed by atoms with Gasteiger partial charge in [-0.3, -0.25) is 9.59 Å². The van der Waals surface area contributed by atoms with Gasteiger partial charge in [-0.1, -0.05) is 6.07 Å². The summed E-state index contributed by atoms with van der Waals surface area (Å²) in [7, 11) is -3.67. The van der Waals surface area contributed by atoms with E-state index < -0.39 is 21.6 Å². The molecule has 0 unspecified atom stereocenters. The number of rotatable bonds is 5. The van der Waals surface area contributed by atoms with Crippen LogP contribution in [0.4, 0.5) is 15.8 Å². The van der Waals surface area contributed by atoms with Crippen LogP contribution in [0.1, 0.15) is 30.9 Å². The van der Waals surface area contributed by atoms with E-state index in [0.717, 1.165) is 17.7 Å². The van der Waals surface area contributed by atoms with Crippen molar-refractivity contribution >= 4 is 33.0 Å². The minimum atomic E-state index is -3.67. The molecular formula is C21H23FN2O4S. The number of anilines is 2. The minimum absolute atomic E-state index is 0.0780. The lowest BCUT2D eigenvalue weighted by atomic mass is 10.0. The fourth-order valence-electron chi connectivity index (χ4n) is 3.33. The summed E-state index contributed by atoms with van der Waals surface area (Å²) in [4.78, 5) is 25.6. The number of sulfone groups is 1. The highest BCUT2D eigenvalue weighted by Crippen LogP contribution is 2.30. The highest BCUT2D eigenvalue weighted by Gasteiger charge is 2.23. The molecule has 0 aliphatic carbocycles. The van der Waals surface area contributed by atoms with Gasteiger partial charge in [-0.25, -0.2) is 12.8 Å². The molecule has 1 aliphatic heterocycles. The van der Waals surface area contributed by atoms with Gasteiger partial charge in [-0.2, -0.15) is 0 Å². The number of nitrogens with zero attached hydrogens (tertiary/aromatic N) is 1. The van der Waals surface area contributed by atoms with Gasteiger partial charge >= 0.3 is 0 Å². The van der Waals surface area contributed by atoms with E-state index in [1.54, 1.807) is 36.1 Å². The van der Waals surface area contributed by atoms with Gasteiger partial charge in [0.05, 0.1) is 10.6 Å². The Bertz CT molecular complexity index is 1070. The van der Waals surface area contributed by atoms with Crippen molar-refractivity contribution in [3.8, 4) is 0 Å². The molecule has 0 fully saturated rings. The Hall–Kier alpha value is -2.74. The molecule has 154 valence electrons. The van der Waals surface area contributed by atoms with Crippen LogP contribution >= 0.6 is 0 Å². The lowest BCUT2D eigenvalue weighted by Crippen LogP contribution is -2.33. The molecule has 2 aromatic rings. The van der Waals surface area contributed by atoms with Gasteiger partial charge in [0, 0.05) is 31.3 Å². The van der Waals surface area contributed by atoms with Crippen LogP contribution in [0, 0.1) is 12.7 Å². The summed E-state index contributed by atoms with van der Waals surface area (Å²) in [6.45, 7) is 3.72. The van der Waals surface area contributed by atoms with Gasteiger partial charge in [0.2, 0.25) is 11.8 Å². The van der Waals surface area contributed by atoms with E-state index in [1.165, 1.54) is 19.1 Å². The van der Waals surface area contributed by atoms with Gasteiger partial charge in [-0.05, 0) is 61.2 Å². The number of carbonyl (C=O) groups is 2. The van der Waals surface area contributed by atoms with Crippen molar-refractivity contribution in [2.45, 2.75) is 38.0 Å². The molecule has 0 saturated heterocycles. The monoisotopic (exact) mass is 418 g/mol. The second-order valence-electron chi connectivity index (χ2n) is 7.15. The lowest BCUT2D eigenvalue weighted by Gasteiger charge is -2.28. The van der Waals surface area contributed by atoms with E-state index in [-0.39, 0.29) is 28.7 Å². The molecule has 0 radical (unpaired) electrons. The van der Waals surface area contributed by atoms with Crippen molar-refractivity contribution in [1.29, 1.82) is 0 Å². The van der Waals surface area contributed by atoms with Crippen LogP contribution < -0.4 is 10.2 Å². The van der Waals surface area contributed by atoms with Gasteiger partial charge < -0.3 is 10.2 Å². The van der Waals surface area contributed by atoms with Crippen molar-refractivity contribution in [1.82, 2.24) is 0 Å². The van der Waals surface area contributed by atoms with Crippen molar-refractivity contribution in [3.63, 3.8) is 0 Å². The van der Waals surface area contributed by atoms with Crippen molar-refractivity contribution in [2.24, 2.45) is 0 Å². The molecule has 0 atom stereocenters. The second kappa shape index (κ2) is 8.32. The number of benzene rings is 2. The number of halogens is 1. The summed E-state index contributed by atoms with van der Waals surface area (Å²) in [6.07, 6.45) is 1.22. The minimum Gasteiger partial charge on any atom is -0.326 e. The van der Waals surface area contributed by atoms with Gasteiger partial charge in [0.1, 0.15) is 5.82 Å². The Morgan fingerprint density at radius 2 is 1.93 bits per heavy atom. The number of nitrogens with one attached hydrogen (secondary N) is 1. The first kappa shape index (κ1) is 21.0. The molecule has 6 nitrogen and oxygen atoms in total. The summed E-state index contributed by atoms with van der Waals surface area (Å²) < 4.78 is 38.9. The summed E-state index contributed by atoms with van der Waals surface area (Å²) in [5, 5.41) is 2.51.